The summed E-state index contributed by atoms with van der Waals surface area (Å²) in [6.07, 6.45) is -0.0853. The van der Waals surface area contributed by atoms with E-state index in [0.29, 0.717) is 35.0 Å². The van der Waals surface area contributed by atoms with Gasteiger partial charge in [0.1, 0.15) is 24.6 Å². The molecule has 6 rings (SSSR count). The van der Waals surface area contributed by atoms with Gasteiger partial charge in [0.05, 0.1) is 5.69 Å². The molecule has 316 valence electrons. The predicted molar refractivity (Wildman–Crippen MR) is 211 cm³/mol. The summed E-state index contributed by atoms with van der Waals surface area (Å²) >= 11 is 0. The minimum atomic E-state index is -1.03. The summed E-state index contributed by atoms with van der Waals surface area (Å²) in [7, 11) is 0. The zero-order valence-corrected chi connectivity index (χ0v) is 33.9. The number of nitrogens with zero attached hydrogens (tertiary/aromatic N) is 7. The van der Waals surface area contributed by atoms with Crippen molar-refractivity contribution in [3.05, 3.63) is 139 Å². The predicted octanol–water partition coefficient (Wildman–Crippen LogP) is 6.53. The van der Waals surface area contributed by atoms with E-state index in [9.17, 15) is 29.6 Å². The fourth-order valence-electron chi connectivity index (χ4n) is 6.10. The first-order valence-corrected chi connectivity index (χ1v) is 18.8. The van der Waals surface area contributed by atoms with Crippen molar-refractivity contribution >= 4 is 12.6 Å². The molecule has 19 nitrogen and oxygen atoms in total. The number of aryl methyl sites for hydroxylation is 2. The highest BCUT2D eigenvalue weighted by atomic mass is 16.9. The first kappa shape index (κ1) is 44.0. The SMILES string of the molecule is CCCc1nc(C(C)(C)O)c(C)n1Cc1ccc(-c2ccccc2-c2nnn(C(C)OC(=O)OCc3cccc(CO[N+](=O)[O-])c3)n2)cc1.Cc1oc(=O)oc1COC=O. The van der Waals surface area contributed by atoms with E-state index in [-0.39, 0.29) is 32.1 Å². The molecule has 0 radical (unpaired) electrons. The Bertz CT molecular complexity index is 2440. The van der Waals surface area contributed by atoms with Crippen molar-refractivity contribution in [2.75, 3.05) is 0 Å². The first-order valence-electron chi connectivity index (χ1n) is 18.8. The van der Waals surface area contributed by atoms with Gasteiger partial charge < -0.3 is 37.6 Å². The second-order valence-electron chi connectivity index (χ2n) is 13.9. The Morgan fingerprint density at radius 2 is 1.68 bits per heavy atom. The van der Waals surface area contributed by atoms with Crippen LogP contribution in [0.1, 0.15) is 85.8 Å². The van der Waals surface area contributed by atoms with Crippen LogP contribution in [-0.4, -0.2) is 52.6 Å². The number of aliphatic hydroxyl groups is 1. The molecule has 0 amide bonds. The van der Waals surface area contributed by atoms with E-state index in [1.165, 1.54) is 4.80 Å². The minimum absolute atomic E-state index is 0.0684. The first-order chi connectivity index (χ1) is 28.7. The van der Waals surface area contributed by atoms with Crippen molar-refractivity contribution < 1.29 is 47.7 Å². The number of rotatable bonds is 17. The normalized spacial score (nSPS) is 11.6. The Kier molecular flexibility index (Phi) is 14.7. The lowest BCUT2D eigenvalue weighted by Gasteiger charge is -2.16. The molecule has 0 aliphatic rings. The van der Waals surface area contributed by atoms with Crippen LogP contribution in [0.4, 0.5) is 4.79 Å². The smallest absolute Gasteiger partial charge is 0.460 e. The fourth-order valence-corrected chi connectivity index (χ4v) is 6.10. The number of tetrazole rings is 1. The van der Waals surface area contributed by atoms with E-state index in [1.54, 1.807) is 52.0 Å². The Balaban J connectivity index is 0.000000538. The van der Waals surface area contributed by atoms with Gasteiger partial charge in [0.15, 0.2) is 18.1 Å². The summed E-state index contributed by atoms with van der Waals surface area (Å²) in [6.45, 7) is 11.3. The lowest BCUT2D eigenvalue weighted by molar-refractivity contribution is -0.763. The van der Waals surface area contributed by atoms with Gasteiger partial charge in [-0.05, 0) is 74.1 Å². The number of benzene rings is 3. The Hall–Kier alpha value is -7.15. The highest BCUT2D eigenvalue weighted by molar-refractivity contribution is 5.80. The molecular formula is C41H45N7O12. The summed E-state index contributed by atoms with van der Waals surface area (Å²) in [5.41, 5.74) is 5.52. The maximum absolute atomic E-state index is 12.4. The summed E-state index contributed by atoms with van der Waals surface area (Å²) in [5.74, 6) is 1.10. The number of hydrogen-bond donors (Lipinski definition) is 1. The van der Waals surface area contributed by atoms with Gasteiger partial charge in [0.25, 0.3) is 11.6 Å². The van der Waals surface area contributed by atoms with Crippen LogP contribution in [0, 0.1) is 24.0 Å². The number of carbonyl (C=O) groups is 2. The highest BCUT2D eigenvalue weighted by Gasteiger charge is 2.26. The third kappa shape index (κ3) is 11.7. The van der Waals surface area contributed by atoms with Crippen LogP contribution in [0.5, 0.6) is 0 Å². The molecule has 0 fully saturated rings. The third-order valence-corrected chi connectivity index (χ3v) is 8.95. The summed E-state index contributed by atoms with van der Waals surface area (Å²) < 4.78 is 26.1. The van der Waals surface area contributed by atoms with Crippen molar-refractivity contribution in [2.45, 2.75) is 92.6 Å². The lowest BCUT2D eigenvalue weighted by atomic mass is 9.98. The van der Waals surface area contributed by atoms with Crippen molar-refractivity contribution in [1.29, 1.82) is 0 Å². The van der Waals surface area contributed by atoms with Crippen molar-refractivity contribution in [3.63, 3.8) is 0 Å². The molecule has 60 heavy (non-hydrogen) atoms. The van der Waals surface area contributed by atoms with Gasteiger partial charge in [-0.3, -0.25) is 4.79 Å². The molecule has 1 atom stereocenters. The molecule has 1 unspecified atom stereocenters. The van der Waals surface area contributed by atoms with Gasteiger partial charge in [-0.2, -0.15) is 0 Å². The maximum Gasteiger partial charge on any atom is 0.519 e. The largest absolute Gasteiger partial charge is 0.519 e. The van der Waals surface area contributed by atoms with Gasteiger partial charge in [0, 0.05) is 24.2 Å². The molecule has 0 aliphatic carbocycles. The van der Waals surface area contributed by atoms with Crippen molar-refractivity contribution in [1.82, 2.24) is 29.8 Å². The second-order valence-corrected chi connectivity index (χ2v) is 13.9. The molecule has 0 aliphatic heterocycles. The molecule has 3 aromatic carbocycles. The number of hydrogen-bond acceptors (Lipinski definition) is 16. The molecule has 3 heterocycles. The minimum Gasteiger partial charge on any atom is -0.460 e. The third-order valence-electron chi connectivity index (χ3n) is 8.95. The molecule has 1 N–H and O–H groups in total. The van der Waals surface area contributed by atoms with Gasteiger partial charge >= 0.3 is 12.0 Å². The molecule has 3 aromatic heterocycles. The van der Waals surface area contributed by atoms with E-state index in [0.717, 1.165) is 46.6 Å². The molecular weight excluding hydrogens is 782 g/mol. The quantitative estimate of drug-likeness (QED) is 0.0444. The van der Waals surface area contributed by atoms with Gasteiger partial charge in [0.2, 0.25) is 12.1 Å². The average molecular weight is 828 g/mol. The Morgan fingerprint density at radius 3 is 2.32 bits per heavy atom. The van der Waals surface area contributed by atoms with Crippen LogP contribution in [0.2, 0.25) is 0 Å². The van der Waals surface area contributed by atoms with E-state index >= 15 is 0 Å². The molecule has 0 saturated heterocycles. The fraction of sp³-hybridized carbons (Fsp3) is 0.341. The van der Waals surface area contributed by atoms with Crippen LogP contribution < -0.4 is 5.82 Å². The standard InChI is InChI=1S/C35H39N7O7.C6H6O5/c1-6-10-31-36-32(35(4,5)44)23(2)40(31)20-25-15-17-28(18-16-25)29-13-7-8-14-30(29)33-37-39-41(38-33)24(3)49-34(43)47-21-26-11-9-12-27(19-26)22-48-42(45)46;1-4-5(2-9-3-7)11-6(8)10-4/h7-9,11-19,24,44H,6,10,20-22H2,1-5H3;3H,2H2,1H3. The monoisotopic (exact) mass is 827 g/mol. The topological polar surface area (TPSA) is 239 Å². The molecule has 6 aromatic rings. The van der Waals surface area contributed by atoms with Gasteiger partial charge in [-0.1, -0.05) is 79.7 Å². The van der Waals surface area contributed by atoms with Crippen LogP contribution in [-0.2, 0) is 62.2 Å². The van der Waals surface area contributed by atoms with Crippen LogP contribution in [0.15, 0.2) is 86.4 Å². The molecule has 0 saturated carbocycles. The van der Waals surface area contributed by atoms with Crippen LogP contribution >= 0.6 is 0 Å². The van der Waals surface area contributed by atoms with Crippen LogP contribution in [0.25, 0.3) is 22.5 Å². The molecule has 19 heteroatoms. The lowest BCUT2D eigenvalue weighted by Crippen LogP contribution is -2.18. The number of carbonyl (C=O) groups excluding carboxylic acids is 2. The number of aromatic nitrogens is 6. The van der Waals surface area contributed by atoms with Crippen molar-refractivity contribution in [2.24, 2.45) is 0 Å². The molecule has 0 bridgehead atoms. The number of ether oxygens (including phenoxy) is 3. The maximum atomic E-state index is 12.4. The Morgan fingerprint density at radius 1 is 0.983 bits per heavy atom. The van der Waals surface area contributed by atoms with E-state index in [2.05, 4.69) is 57.4 Å². The highest BCUT2D eigenvalue weighted by Crippen LogP contribution is 2.31. The summed E-state index contributed by atoms with van der Waals surface area (Å²) in [6, 6.07) is 22.7. The van der Waals surface area contributed by atoms with E-state index in [1.807, 2.05) is 43.3 Å². The van der Waals surface area contributed by atoms with Crippen molar-refractivity contribution in [3.8, 4) is 22.5 Å². The zero-order valence-electron chi connectivity index (χ0n) is 33.9. The summed E-state index contributed by atoms with van der Waals surface area (Å²) in [5, 5.41) is 33.0. The van der Waals surface area contributed by atoms with Crippen LogP contribution in [0.3, 0.4) is 0 Å². The molecule has 0 spiro atoms. The Labute approximate surface area is 343 Å². The van der Waals surface area contributed by atoms with E-state index < -0.39 is 28.9 Å². The average Bonchev–Trinajstić information content (AvgIpc) is 3.93. The van der Waals surface area contributed by atoms with Gasteiger partial charge in [-0.25, -0.2) is 14.6 Å². The number of imidazole rings is 1. The second kappa shape index (κ2) is 20.0. The van der Waals surface area contributed by atoms with Gasteiger partial charge in [-0.15, -0.1) is 25.1 Å². The zero-order chi connectivity index (χ0) is 43.4. The summed E-state index contributed by atoms with van der Waals surface area (Å²) in [4.78, 5) is 53.3. The van der Waals surface area contributed by atoms with E-state index in [4.69, 9.17) is 14.5 Å².